The number of benzene rings is 3. The van der Waals surface area contributed by atoms with Crippen LogP contribution >= 0.6 is 0 Å². The highest BCUT2D eigenvalue weighted by molar-refractivity contribution is 6.07. The van der Waals surface area contributed by atoms with Crippen molar-refractivity contribution < 1.29 is 9.53 Å². The zero-order valence-corrected chi connectivity index (χ0v) is 12.3. The molecule has 0 amide bonds. The van der Waals surface area contributed by atoms with Crippen molar-refractivity contribution in [3.63, 3.8) is 0 Å². The third-order valence-corrected chi connectivity index (χ3v) is 3.61. The highest BCUT2D eigenvalue weighted by Crippen LogP contribution is 2.20. The van der Waals surface area contributed by atoms with E-state index in [-0.39, 0.29) is 5.78 Å². The van der Waals surface area contributed by atoms with E-state index in [1.165, 1.54) is 5.39 Å². The lowest BCUT2D eigenvalue weighted by Gasteiger charge is -2.02. The Morgan fingerprint density at radius 1 is 0.909 bits per heavy atom. The number of fused-ring (bicyclic) bond motifs is 1. The molecule has 0 bridgehead atoms. The molecule has 0 aliphatic heterocycles. The van der Waals surface area contributed by atoms with Crippen LogP contribution in [-0.2, 0) is 0 Å². The monoisotopic (exact) mass is 288 g/mol. The first kappa shape index (κ1) is 14.1. The summed E-state index contributed by atoms with van der Waals surface area (Å²) in [5.41, 5.74) is 1.69. The predicted octanol–water partition coefficient (Wildman–Crippen LogP) is 4.74. The van der Waals surface area contributed by atoms with E-state index < -0.39 is 0 Å². The van der Waals surface area contributed by atoms with Gasteiger partial charge in [0.25, 0.3) is 0 Å². The summed E-state index contributed by atoms with van der Waals surface area (Å²) in [5, 5.41) is 2.31. The van der Waals surface area contributed by atoms with Crippen LogP contribution < -0.4 is 4.74 Å². The number of rotatable bonds is 4. The van der Waals surface area contributed by atoms with Crippen molar-refractivity contribution in [2.24, 2.45) is 0 Å². The third-order valence-electron chi connectivity index (χ3n) is 3.61. The minimum absolute atomic E-state index is 0.0180. The summed E-state index contributed by atoms with van der Waals surface area (Å²) < 4.78 is 5.10. The fourth-order valence-electron chi connectivity index (χ4n) is 2.41. The molecule has 108 valence electrons. The molecule has 0 radical (unpaired) electrons. The zero-order valence-electron chi connectivity index (χ0n) is 12.3. The first-order valence-electron chi connectivity index (χ1n) is 7.12. The number of ketones is 1. The number of allylic oxidation sites excluding steroid dienone is 1. The van der Waals surface area contributed by atoms with Gasteiger partial charge >= 0.3 is 0 Å². The fraction of sp³-hybridized carbons (Fsp3) is 0.0500. The van der Waals surface area contributed by atoms with Gasteiger partial charge in [0.1, 0.15) is 5.75 Å². The maximum absolute atomic E-state index is 12.2. The Kier molecular flexibility index (Phi) is 4.01. The Hall–Kier alpha value is -2.87. The summed E-state index contributed by atoms with van der Waals surface area (Å²) in [5.74, 6) is 0.727. The van der Waals surface area contributed by atoms with E-state index in [4.69, 9.17) is 4.74 Å². The van der Waals surface area contributed by atoms with Crippen molar-refractivity contribution in [1.82, 2.24) is 0 Å². The van der Waals surface area contributed by atoms with Crippen LogP contribution in [-0.4, -0.2) is 12.9 Å². The van der Waals surface area contributed by atoms with Crippen LogP contribution in [0.3, 0.4) is 0 Å². The highest BCUT2D eigenvalue weighted by atomic mass is 16.5. The van der Waals surface area contributed by atoms with Crippen molar-refractivity contribution in [1.29, 1.82) is 0 Å². The lowest BCUT2D eigenvalue weighted by molar-refractivity contribution is 0.104. The van der Waals surface area contributed by atoms with Crippen molar-refractivity contribution in [2.45, 2.75) is 0 Å². The maximum Gasteiger partial charge on any atom is 0.185 e. The van der Waals surface area contributed by atoms with Gasteiger partial charge in [0.2, 0.25) is 0 Å². The number of methoxy groups -OCH3 is 1. The molecule has 2 nitrogen and oxygen atoms in total. The van der Waals surface area contributed by atoms with Crippen LogP contribution in [0.15, 0.2) is 72.8 Å². The fourth-order valence-corrected chi connectivity index (χ4v) is 2.41. The maximum atomic E-state index is 12.2. The SMILES string of the molecule is COc1ccc(C(=O)/C=C/c2cccc3ccccc23)cc1. The minimum Gasteiger partial charge on any atom is -0.497 e. The topological polar surface area (TPSA) is 26.3 Å². The molecule has 0 spiro atoms. The Labute approximate surface area is 129 Å². The van der Waals surface area contributed by atoms with Gasteiger partial charge in [-0.1, -0.05) is 48.5 Å². The summed E-state index contributed by atoms with van der Waals surface area (Å²) in [7, 11) is 1.61. The molecule has 0 heterocycles. The van der Waals surface area contributed by atoms with Gasteiger partial charge in [0, 0.05) is 5.56 Å². The molecule has 0 unspecified atom stereocenters. The van der Waals surface area contributed by atoms with Crippen molar-refractivity contribution >= 4 is 22.6 Å². The Bertz CT molecular complexity index is 824. The molecule has 3 aromatic carbocycles. The van der Waals surface area contributed by atoms with Crippen LogP contribution in [0.25, 0.3) is 16.8 Å². The van der Waals surface area contributed by atoms with Crippen LogP contribution in [0, 0.1) is 0 Å². The molecule has 3 aromatic rings. The van der Waals surface area contributed by atoms with Gasteiger partial charge in [-0.2, -0.15) is 0 Å². The molecule has 0 saturated heterocycles. The Balaban J connectivity index is 1.87. The first-order chi connectivity index (χ1) is 10.8. The summed E-state index contributed by atoms with van der Waals surface area (Å²) in [6.45, 7) is 0. The number of hydrogen-bond acceptors (Lipinski definition) is 2. The normalized spacial score (nSPS) is 11.0. The van der Waals surface area contributed by atoms with E-state index in [1.807, 2.05) is 30.3 Å². The average molecular weight is 288 g/mol. The first-order valence-corrected chi connectivity index (χ1v) is 7.12. The number of carbonyl (C=O) groups excluding carboxylic acids is 1. The lowest BCUT2D eigenvalue weighted by atomic mass is 10.0. The van der Waals surface area contributed by atoms with Crippen molar-refractivity contribution in [2.75, 3.05) is 7.11 Å². The summed E-state index contributed by atoms with van der Waals surface area (Å²) in [6.07, 6.45) is 3.48. The zero-order chi connectivity index (χ0) is 15.4. The molecule has 3 rings (SSSR count). The molecular formula is C20H16O2. The highest BCUT2D eigenvalue weighted by Gasteiger charge is 2.02. The second kappa shape index (κ2) is 6.27. The molecule has 0 aromatic heterocycles. The number of hydrogen-bond donors (Lipinski definition) is 0. The molecule has 0 saturated carbocycles. The summed E-state index contributed by atoms with van der Waals surface area (Å²) in [4.78, 5) is 12.2. The van der Waals surface area contributed by atoms with Gasteiger partial charge in [-0.15, -0.1) is 0 Å². The molecule has 0 aliphatic carbocycles. The van der Waals surface area contributed by atoms with E-state index in [9.17, 15) is 4.79 Å². The third kappa shape index (κ3) is 2.91. The predicted molar refractivity (Wildman–Crippen MR) is 90.3 cm³/mol. The van der Waals surface area contributed by atoms with Gasteiger partial charge in [-0.3, -0.25) is 4.79 Å². The minimum atomic E-state index is -0.0180. The van der Waals surface area contributed by atoms with Crippen LogP contribution in [0.1, 0.15) is 15.9 Å². The van der Waals surface area contributed by atoms with Gasteiger partial charge in [-0.05, 0) is 46.7 Å². The van der Waals surface area contributed by atoms with Gasteiger partial charge < -0.3 is 4.74 Å². The second-order valence-corrected chi connectivity index (χ2v) is 4.99. The van der Waals surface area contributed by atoms with E-state index in [1.54, 1.807) is 37.5 Å². The average Bonchev–Trinajstić information content (AvgIpc) is 2.59. The molecule has 0 N–H and O–H groups in total. The Morgan fingerprint density at radius 3 is 2.41 bits per heavy atom. The smallest absolute Gasteiger partial charge is 0.185 e. The molecule has 0 aliphatic rings. The van der Waals surface area contributed by atoms with Gasteiger partial charge in [-0.25, -0.2) is 0 Å². The molecule has 22 heavy (non-hydrogen) atoms. The van der Waals surface area contributed by atoms with Crippen LogP contribution in [0.4, 0.5) is 0 Å². The van der Waals surface area contributed by atoms with Gasteiger partial charge in [0.15, 0.2) is 5.78 Å². The standard InChI is InChI=1S/C20H16O2/c1-22-18-12-9-17(10-13-18)20(21)14-11-16-7-4-6-15-5-2-3-8-19(15)16/h2-14H,1H3/b14-11+. The summed E-state index contributed by atoms with van der Waals surface area (Å²) in [6, 6.07) is 21.4. The van der Waals surface area contributed by atoms with Gasteiger partial charge in [0.05, 0.1) is 7.11 Å². The second-order valence-electron chi connectivity index (χ2n) is 4.99. The van der Waals surface area contributed by atoms with Crippen molar-refractivity contribution in [3.8, 4) is 5.75 Å². The van der Waals surface area contributed by atoms with E-state index >= 15 is 0 Å². The number of ether oxygens (including phenoxy) is 1. The lowest BCUT2D eigenvalue weighted by Crippen LogP contribution is -1.94. The Morgan fingerprint density at radius 2 is 1.64 bits per heavy atom. The number of carbonyl (C=O) groups is 1. The summed E-state index contributed by atoms with van der Waals surface area (Å²) >= 11 is 0. The largest absolute Gasteiger partial charge is 0.497 e. The molecular weight excluding hydrogens is 272 g/mol. The van der Waals surface area contributed by atoms with Crippen LogP contribution in [0.5, 0.6) is 5.75 Å². The van der Waals surface area contributed by atoms with Crippen molar-refractivity contribution in [3.05, 3.63) is 83.9 Å². The molecule has 2 heteroatoms. The van der Waals surface area contributed by atoms with Crippen LogP contribution in [0.2, 0.25) is 0 Å². The van der Waals surface area contributed by atoms with E-state index in [0.717, 1.165) is 16.7 Å². The quantitative estimate of drug-likeness (QED) is 0.512. The molecule has 0 fully saturated rings. The molecule has 0 atom stereocenters. The van der Waals surface area contributed by atoms with E-state index in [0.29, 0.717) is 5.56 Å². The van der Waals surface area contributed by atoms with E-state index in [2.05, 4.69) is 18.2 Å².